The van der Waals surface area contributed by atoms with Crippen LogP contribution >= 0.6 is 45.3 Å². The Kier molecular flexibility index (Phi) is 2.62. The number of rotatable bonds is 2. The van der Waals surface area contributed by atoms with E-state index in [1.807, 2.05) is 45.3 Å². The first-order valence-corrected chi connectivity index (χ1v) is 8.90. The van der Waals surface area contributed by atoms with E-state index in [1.165, 1.54) is 28.9 Å². The fourth-order valence-corrected chi connectivity index (χ4v) is 5.94. The third-order valence-corrected chi connectivity index (χ3v) is 7.19. The van der Waals surface area contributed by atoms with Gasteiger partial charge in [0, 0.05) is 28.9 Å². The lowest BCUT2D eigenvalue weighted by molar-refractivity contribution is 1.92. The summed E-state index contributed by atoms with van der Waals surface area (Å²) in [5.74, 6) is 0. The molecule has 0 fully saturated rings. The first-order valence-electron chi connectivity index (χ1n) is 5.51. The summed E-state index contributed by atoms with van der Waals surface area (Å²) in [7, 11) is 0. The number of hydrogen-bond donors (Lipinski definition) is 0. The summed E-state index contributed by atoms with van der Waals surface area (Å²) in [6.45, 7) is 0. The molecule has 0 aliphatic carbocycles. The van der Waals surface area contributed by atoms with Gasteiger partial charge in [-0.15, -0.1) is 45.3 Å². The van der Waals surface area contributed by atoms with Gasteiger partial charge in [0.25, 0.3) is 0 Å². The first-order chi connectivity index (χ1) is 8.90. The second-order valence-electron chi connectivity index (χ2n) is 3.90. The lowest BCUT2D eigenvalue weighted by atomic mass is 10.3. The van der Waals surface area contributed by atoms with Gasteiger partial charge in [-0.3, -0.25) is 0 Å². The van der Waals surface area contributed by atoms with Crippen molar-refractivity contribution in [1.82, 2.24) is 0 Å². The van der Waals surface area contributed by atoms with E-state index in [9.17, 15) is 0 Å². The van der Waals surface area contributed by atoms with E-state index >= 15 is 0 Å². The standard InChI is InChI=1S/C14H8S4/c1-2-9(15-6-1)10-3-4-11(17-10)14-8-13-12(18-14)5-7-16-13/h1-8H. The summed E-state index contributed by atoms with van der Waals surface area (Å²) in [5.41, 5.74) is 0. The molecular weight excluding hydrogens is 296 g/mol. The Morgan fingerprint density at radius 2 is 1.50 bits per heavy atom. The van der Waals surface area contributed by atoms with Gasteiger partial charge in [-0.2, -0.15) is 0 Å². The smallest absolute Gasteiger partial charge is 0.0463 e. The highest BCUT2D eigenvalue weighted by Gasteiger charge is 2.09. The molecule has 0 aliphatic heterocycles. The van der Waals surface area contributed by atoms with Crippen LogP contribution in [-0.2, 0) is 0 Å². The van der Waals surface area contributed by atoms with E-state index in [-0.39, 0.29) is 0 Å². The maximum Gasteiger partial charge on any atom is 0.0463 e. The summed E-state index contributed by atoms with van der Waals surface area (Å²) in [6, 6.07) is 13.3. The molecule has 4 rings (SSSR count). The van der Waals surface area contributed by atoms with Gasteiger partial charge in [0.15, 0.2) is 0 Å². The zero-order chi connectivity index (χ0) is 11.9. The van der Waals surface area contributed by atoms with E-state index < -0.39 is 0 Å². The lowest BCUT2D eigenvalue weighted by Crippen LogP contribution is -1.57. The predicted octanol–water partition coefficient (Wildman–Crippen LogP) is 6.42. The highest BCUT2D eigenvalue weighted by molar-refractivity contribution is 7.31. The third kappa shape index (κ3) is 1.77. The van der Waals surface area contributed by atoms with Crippen LogP contribution in [0.4, 0.5) is 0 Å². The Morgan fingerprint density at radius 3 is 2.28 bits per heavy atom. The highest BCUT2D eigenvalue weighted by Crippen LogP contribution is 2.42. The molecule has 0 radical (unpaired) electrons. The average molecular weight is 304 g/mol. The molecule has 4 heteroatoms. The molecule has 0 aromatic carbocycles. The van der Waals surface area contributed by atoms with Crippen LogP contribution in [0.2, 0.25) is 0 Å². The number of hydrogen-bond acceptors (Lipinski definition) is 4. The van der Waals surface area contributed by atoms with Crippen LogP contribution < -0.4 is 0 Å². The van der Waals surface area contributed by atoms with Crippen molar-refractivity contribution in [3.63, 3.8) is 0 Å². The molecule has 18 heavy (non-hydrogen) atoms. The molecule has 4 aromatic heterocycles. The van der Waals surface area contributed by atoms with Crippen LogP contribution in [0.5, 0.6) is 0 Å². The monoisotopic (exact) mass is 304 g/mol. The molecular formula is C14H8S4. The van der Waals surface area contributed by atoms with Gasteiger partial charge in [0.2, 0.25) is 0 Å². The highest BCUT2D eigenvalue weighted by atomic mass is 32.1. The van der Waals surface area contributed by atoms with Crippen LogP contribution in [0.1, 0.15) is 0 Å². The second-order valence-corrected chi connectivity index (χ2v) is 7.96. The van der Waals surface area contributed by atoms with Crippen molar-refractivity contribution in [3.8, 4) is 19.5 Å². The SMILES string of the molecule is c1csc(-c2ccc(-c3cc4sccc4s3)s2)c1. The van der Waals surface area contributed by atoms with Gasteiger partial charge in [-0.25, -0.2) is 0 Å². The number of thiophene rings is 4. The molecule has 0 saturated carbocycles. The first kappa shape index (κ1) is 10.9. The Bertz CT molecular complexity index is 754. The number of fused-ring (bicyclic) bond motifs is 1. The van der Waals surface area contributed by atoms with Crippen LogP contribution in [0, 0.1) is 0 Å². The zero-order valence-electron chi connectivity index (χ0n) is 9.25. The topological polar surface area (TPSA) is 0 Å². The van der Waals surface area contributed by atoms with Crippen molar-refractivity contribution in [2.45, 2.75) is 0 Å². The van der Waals surface area contributed by atoms with Gasteiger partial charge in [-0.05, 0) is 41.1 Å². The van der Waals surface area contributed by atoms with Crippen LogP contribution in [-0.4, -0.2) is 0 Å². The van der Waals surface area contributed by atoms with Gasteiger partial charge in [-0.1, -0.05) is 6.07 Å². The van der Waals surface area contributed by atoms with Crippen molar-refractivity contribution in [3.05, 3.63) is 47.2 Å². The molecule has 0 unspecified atom stereocenters. The maximum absolute atomic E-state index is 2.31. The fraction of sp³-hybridized carbons (Fsp3) is 0. The molecule has 0 N–H and O–H groups in total. The van der Waals surface area contributed by atoms with E-state index in [0.29, 0.717) is 0 Å². The summed E-state index contributed by atoms with van der Waals surface area (Å²) in [6.07, 6.45) is 0. The molecule has 4 aromatic rings. The molecule has 0 amide bonds. The second kappa shape index (κ2) is 4.31. The fourth-order valence-electron chi connectivity index (χ4n) is 1.91. The van der Waals surface area contributed by atoms with Crippen molar-refractivity contribution < 1.29 is 0 Å². The Hall–Kier alpha value is -0.940. The van der Waals surface area contributed by atoms with Crippen molar-refractivity contribution in [2.75, 3.05) is 0 Å². The Labute approximate surface area is 121 Å². The largest absolute Gasteiger partial charge is 0.143 e. The summed E-state index contributed by atoms with van der Waals surface area (Å²) in [4.78, 5) is 5.51. The molecule has 0 nitrogen and oxygen atoms in total. The van der Waals surface area contributed by atoms with Crippen molar-refractivity contribution in [2.24, 2.45) is 0 Å². The van der Waals surface area contributed by atoms with E-state index in [1.54, 1.807) is 0 Å². The minimum Gasteiger partial charge on any atom is -0.143 e. The van der Waals surface area contributed by atoms with Crippen LogP contribution in [0.3, 0.4) is 0 Å². The lowest BCUT2D eigenvalue weighted by Gasteiger charge is -1.90. The average Bonchev–Trinajstić information content (AvgIpc) is 3.13. The minimum absolute atomic E-state index is 1.37. The van der Waals surface area contributed by atoms with Gasteiger partial charge in [0.1, 0.15) is 0 Å². The molecule has 0 atom stereocenters. The summed E-state index contributed by atoms with van der Waals surface area (Å²) in [5, 5.41) is 4.30. The normalized spacial score (nSPS) is 11.3. The van der Waals surface area contributed by atoms with Gasteiger partial charge < -0.3 is 0 Å². The minimum atomic E-state index is 1.37. The predicted molar refractivity (Wildman–Crippen MR) is 86.3 cm³/mol. The quantitative estimate of drug-likeness (QED) is 0.401. The van der Waals surface area contributed by atoms with Crippen LogP contribution in [0.25, 0.3) is 28.9 Å². The van der Waals surface area contributed by atoms with Crippen molar-refractivity contribution in [1.29, 1.82) is 0 Å². The van der Waals surface area contributed by atoms with E-state index in [2.05, 4.69) is 47.2 Å². The maximum atomic E-state index is 2.31. The van der Waals surface area contributed by atoms with E-state index in [0.717, 1.165) is 0 Å². The Balaban J connectivity index is 1.79. The molecule has 0 saturated heterocycles. The van der Waals surface area contributed by atoms with Crippen LogP contribution in [0.15, 0.2) is 47.2 Å². The zero-order valence-corrected chi connectivity index (χ0v) is 12.5. The van der Waals surface area contributed by atoms with Gasteiger partial charge >= 0.3 is 0 Å². The molecule has 0 spiro atoms. The van der Waals surface area contributed by atoms with Gasteiger partial charge in [0.05, 0.1) is 0 Å². The molecule has 88 valence electrons. The molecule has 0 bridgehead atoms. The van der Waals surface area contributed by atoms with E-state index in [4.69, 9.17) is 0 Å². The Morgan fingerprint density at radius 1 is 0.611 bits per heavy atom. The molecule has 0 aliphatic rings. The van der Waals surface area contributed by atoms with Crippen molar-refractivity contribution >= 4 is 54.7 Å². The third-order valence-electron chi connectivity index (χ3n) is 2.75. The summed E-state index contributed by atoms with van der Waals surface area (Å²) >= 11 is 7.41. The molecule has 4 heterocycles. The summed E-state index contributed by atoms with van der Waals surface area (Å²) < 4.78 is 2.81.